The zero-order valence-corrected chi connectivity index (χ0v) is 9.08. The maximum atomic E-state index is 8.64. The molecule has 2 rings (SSSR count). The SMILES string of the molecule is Cc1nc2c(SC#N)c(N)ccc2s1. The summed E-state index contributed by atoms with van der Waals surface area (Å²) in [5.41, 5.74) is 7.24. The normalized spacial score (nSPS) is 10.3. The van der Waals surface area contributed by atoms with Gasteiger partial charge in [-0.25, -0.2) is 4.98 Å². The van der Waals surface area contributed by atoms with Gasteiger partial charge >= 0.3 is 0 Å². The van der Waals surface area contributed by atoms with Gasteiger partial charge in [-0.15, -0.1) is 11.3 Å². The van der Waals surface area contributed by atoms with Crippen molar-refractivity contribution in [2.45, 2.75) is 11.8 Å². The second kappa shape index (κ2) is 3.48. The molecule has 2 N–H and O–H groups in total. The van der Waals surface area contributed by atoms with Crippen molar-refractivity contribution >= 4 is 39.0 Å². The molecule has 0 aliphatic rings. The predicted molar refractivity (Wildman–Crippen MR) is 60.2 cm³/mol. The summed E-state index contributed by atoms with van der Waals surface area (Å²) in [6, 6.07) is 3.76. The zero-order chi connectivity index (χ0) is 10.1. The van der Waals surface area contributed by atoms with Crippen LogP contribution in [0.25, 0.3) is 10.2 Å². The highest BCUT2D eigenvalue weighted by atomic mass is 32.2. The number of aryl methyl sites for hydroxylation is 1. The summed E-state index contributed by atoms with van der Waals surface area (Å²) < 4.78 is 1.08. The van der Waals surface area contributed by atoms with Gasteiger partial charge in [0.25, 0.3) is 0 Å². The Kier molecular flexibility index (Phi) is 2.32. The van der Waals surface area contributed by atoms with Crippen molar-refractivity contribution in [3.05, 3.63) is 17.1 Å². The summed E-state index contributed by atoms with van der Waals surface area (Å²) in [6.07, 6.45) is 0. The molecule has 0 atom stereocenters. The quantitative estimate of drug-likeness (QED) is 0.457. The van der Waals surface area contributed by atoms with Gasteiger partial charge < -0.3 is 5.73 Å². The first kappa shape index (κ1) is 9.31. The number of thioether (sulfide) groups is 1. The average molecular weight is 221 g/mol. The van der Waals surface area contributed by atoms with Gasteiger partial charge in [0.05, 0.1) is 20.1 Å². The lowest BCUT2D eigenvalue weighted by Gasteiger charge is -1.99. The molecule has 0 aliphatic heterocycles. The third-order valence-electron chi connectivity index (χ3n) is 1.80. The van der Waals surface area contributed by atoms with Crippen LogP contribution in [0.15, 0.2) is 17.0 Å². The van der Waals surface area contributed by atoms with E-state index in [0.29, 0.717) is 5.69 Å². The molecule has 5 heteroatoms. The molecule has 14 heavy (non-hydrogen) atoms. The summed E-state index contributed by atoms with van der Waals surface area (Å²) in [4.78, 5) is 5.13. The van der Waals surface area contributed by atoms with E-state index in [2.05, 4.69) is 4.98 Å². The Balaban J connectivity index is 2.76. The van der Waals surface area contributed by atoms with Crippen molar-refractivity contribution in [3.63, 3.8) is 0 Å². The topological polar surface area (TPSA) is 62.7 Å². The average Bonchev–Trinajstić information content (AvgIpc) is 2.51. The first-order chi connectivity index (χ1) is 6.72. The Hall–Kier alpha value is -1.25. The minimum absolute atomic E-state index is 0.620. The molecule has 0 unspecified atom stereocenters. The summed E-state index contributed by atoms with van der Waals surface area (Å²) in [5, 5.41) is 11.7. The van der Waals surface area contributed by atoms with Gasteiger partial charge in [-0.3, -0.25) is 0 Å². The van der Waals surface area contributed by atoms with E-state index in [9.17, 15) is 0 Å². The van der Waals surface area contributed by atoms with Crippen molar-refractivity contribution < 1.29 is 0 Å². The smallest absolute Gasteiger partial charge is 0.138 e. The molecule has 70 valence electrons. The van der Waals surface area contributed by atoms with E-state index in [-0.39, 0.29) is 0 Å². The van der Waals surface area contributed by atoms with Crippen LogP contribution in [0.1, 0.15) is 5.01 Å². The minimum Gasteiger partial charge on any atom is -0.398 e. The predicted octanol–water partition coefficient (Wildman–Crippen LogP) is 2.76. The van der Waals surface area contributed by atoms with Crippen LogP contribution in [0.2, 0.25) is 0 Å². The van der Waals surface area contributed by atoms with E-state index in [4.69, 9.17) is 11.0 Å². The summed E-state index contributed by atoms with van der Waals surface area (Å²) in [7, 11) is 0. The van der Waals surface area contributed by atoms with Crippen LogP contribution in [-0.4, -0.2) is 4.98 Å². The molecule has 1 heterocycles. The number of fused-ring (bicyclic) bond motifs is 1. The molecule has 0 spiro atoms. The Morgan fingerprint density at radius 1 is 1.57 bits per heavy atom. The third kappa shape index (κ3) is 1.43. The van der Waals surface area contributed by atoms with Crippen LogP contribution in [-0.2, 0) is 0 Å². The number of thiocyanates is 1. The molecule has 0 saturated heterocycles. The Morgan fingerprint density at radius 2 is 2.36 bits per heavy atom. The Morgan fingerprint density at radius 3 is 3.07 bits per heavy atom. The Bertz CT molecular complexity index is 525. The summed E-state index contributed by atoms with van der Waals surface area (Å²) >= 11 is 2.68. The molecule has 0 bridgehead atoms. The fraction of sp³-hybridized carbons (Fsp3) is 0.111. The molecule has 0 saturated carbocycles. The monoisotopic (exact) mass is 221 g/mol. The zero-order valence-electron chi connectivity index (χ0n) is 7.44. The van der Waals surface area contributed by atoms with Gasteiger partial charge in [0.2, 0.25) is 0 Å². The lowest BCUT2D eigenvalue weighted by molar-refractivity contribution is 1.31. The fourth-order valence-corrected chi connectivity index (χ4v) is 2.68. The van der Waals surface area contributed by atoms with Gasteiger partial charge in [0.15, 0.2) is 0 Å². The van der Waals surface area contributed by atoms with Crippen molar-refractivity contribution in [2.24, 2.45) is 0 Å². The highest BCUT2D eigenvalue weighted by Crippen LogP contribution is 2.34. The van der Waals surface area contributed by atoms with E-state index in [1.807, 2.05) is 24.5 Å². The highest BCUT2D eigenvalue weighted by molar-refractivity contribution is 8.04. The molecular weight excluding hydrogens is 214 g/mol. The van der Waals surface area contributed by atoms with Gasteiger partial charge in [-0.1, -0.05) is 0 Å². The molecule has 1 aromatic heterocycles. The van der Waals surface area contributed by atoms with Crippen molar-refractivity contribution in [2.75, 3.05) is 5.73 Å². The summed E-state index contributed by atoms with van der Waals surface area (Å²) in [6.45, 7) is 1.95. The second-order valence-electron chi connectivity index (χ2n) is 2.76. The van der Waals surface area contributed by atoms with Crippen LogP contribution in [0.4, 0.5) is 5.69 Å². The lowest BCUT2D eigenvalue weighted by atomic mass is 10.3. The number of nitrogen functional groups attached to an aromatic ring is 1. The number of hydrogen-bond acceptors (Lipinski definition) is 5. The van der Waals surface area contributed by atoms with E-state index in [0.717, 1.165) is 31.9 Å². The number of nitrogens with zero attached hydrogens (tertiary/aromatic N) is 2. The molecule has 0 fully saturated rings. The number of nitriles is 1. The summed E-state index contributed by atoms with van der Waals surface area (Å²) in [5.74, 6) is 0. The van der Waals surface area contributed by atoms with E-state index in [1.54, 1.807) is 11.3 Å². The second-order valence-corrected chi connectivity index (χ2v) is 4.79. The molecule has 2 aromatic rings. The van der Waals surface area contributed by atoms with Crippen LogP contribution in [0.5, 0.6) is 0 Å². The first-order valence-corrected chi connectivity index (χ1v) is 5.57. The lowest BCUT2D eigenvalue weighted by Crippen LogP contribution is -1.88. The van der Waals surface area contributed by atoms with Crippen molar-refractivity contribution in [3.8, 4) is 5.40 Å². The van der Waals surface area contributed by atoms with E-state index < -0.39 is 0 Å². The number of nitrogens with two attached hydrogens (primary N) is 1. The van der Waals surface area contributed by atoms with Gasteiger partial charge in [0, 0.05) is 5.69 Å². The maximum absolute atomic E-state index is 8.64. The number of hydrogen-bond donors (Lipinski definition) is 1. The molecule has 0 aliphatic carbocycles. The van der Waals surface area contributed by atoms with Crippen LogP contribution < -0.4 is 5.73 Å². The largest absolute Gasteiger partial charge is 0.398 e. The fourth-order valence-electron chi connectivity index (χ4n) is 1.25. The Labute approximate surface area is 89.6 Å². The molecule has 1 aromatic carbocycles. The van der Waals surface area contributed by atoms with Crippen LogP contribution >= 0.6 is 23.1 Å². The van der Waals surface area contributed by atoms with E-state index >= 15 is 0 Å². The van der Waals surface area contributed by atoms with Gasteiger partial charge in [-0.05, 0) is 30.8 Å². The standard InChI is InChI=1S/C9H7N3S2/c1-5-12-8-7(14-5)3-2-6(11)9(8)13-4-10/h2-3H,11H2,1H3. The molecular formula is C9H7N3S2. The van der Waals surface area contributed by atoms with Crippen LogP contribution in [0, 0.1) is 17.6 Å². The van der Waals surface area contributed by atoms with Crippen molar-refractivity contribution in [1.29, 1.82) is 5.26 Å². The minimum atomic E-state index is 0.620. The number of anilines is 1. The van der Waals surface area contributed by atoms with Gasteiger partial charge in [-0.2, -0.15) is 5.26 Å². The van der Waals surface area contributed by atoms with Crippen LogP contribution in [0.3, 0.4) is 0 Å². The maximum Gasteiger partial charge on any atom is 0.138 e. The van der Waals surface area contributed by atoms with Crippen molar-refractivity contribution in [1.82, 2.24) is 4.98 Å². The molecule has 0 amide bonds. The van der Waals surface area contributed by atoms with Gasteiger partial charge in [0.1, 0.15) is 5.40 Å². The third-order valence-corrected chi connectivity index (χ3v) is 3.46. The number of benzene rings is 1. The number of thiazole rings is 1. The highest BCUT2D eigenvalue weighted by Gasteiger charge is 2.09. The number of aromatic nitrogens is 1. The molecule has 3 nitrogen and oxygen atoms in total. The first-order valence-electron chi connectivity index (χ1n) is 3.94. The molecule has 0 radical (unpaired) electrons. The number of rotatable bonds is 1. The van der Waals surface area contributed by atoms with E-state index in [1.165, 1.54) is 0 Å².